The van der Waals surface area contributed by atoms with Crippen LogP contribution < -0.4 is 10.8 Å². The van der Waals surface area contributed by atoms with Crippen LogP contribution in [0.25, 0.3) is 0 Å². The molecule has 0 unspecified atom stereocenters. The molecule has 6 nitrogen and oxygen atoms in total. The summed E-state index contributed by atoms with van der Waals surface area (Å²) in [7, 11) is 5.89. The number of aryl methyl sites for hydroxylation is 1. The van der Waals surface area contributed by atoms with Crippen molar-refractivity contribution < 1.29 is 9.59 Å². The number of fused-ring (bicyclic) bond motifs is 2. The fourth-order valence-corrected chi connectivity index (χ4v) is 3.38. The summed E-state index contributed by atoms with van der Waals surface area (Å²) in [6.07, 6.45) is 5.29. The number of carbonyl (C=O) groups excluding carboxylic acids is 2. The van der Waals surface area contributed by atoms with Gasteiger partial charge in [-0.3, -0.25) is 14.9 Å². The Morgan fingerprint density at radius 3 is 2.72 bits per heavy atom. The quantitative estimate of drug-likeness (QED) is 0.840. The molecule has 0 saturated heterocycles. The van der Waals surface area contributed by atoms with Crippen LogP contribution in [-0.2, 0) is 10.2 Å². The van der Waals surface area contributed by atoms with Gasteiger partial charge in [0.25, 0.3) is 5.91 Å². The molecule has 1 fully saturated rings. The monoisotopic (exact) mass is 332 g/mol. The van der Waals surface area contributed by atoms with E-state index in [1.807, 2.05) is 13.0 Å². The predicted octanol–water partition coefficient (Wildman–Crippen LogP) is 0.705. The molecular weight excluding hydrogens is 315 g/mol. The Bertz CT molecular complexity index is 862. The molecule has 2 aromatic rings. The highest BCUT2D eigenvalue weighted by Crippen LogP contribution is 2.51. The maximum Gasteiger partial charge on any atom is 0.254 e. The van der Waals surface area contributed by atoms with Crippen LogP contribution in [0.5, 0.6) is 0 Å². The van der Waals surface area contributed by atoms with Crippen molar-refractivity contribution in [3.63, 3.8) is 0 Å². The third kappa shape index (κ3) is 2.90. The molecule has 2 amide bonds. The first kappa shape index (κ1) is 15.8. The molecule has 0 atom stereocenters. The van der Waals surface area contributed by atoms with Gasteiger partial charge in [-0.05, 0) is 37.0 Å². The van der Waals surface area contributed by atoms with E-state index in [9.17, 15) is 9.59 Å². The summed E-state index contributed by atoms with van der Waals surface area (Å²) in [5, 5.41) is 2.64. The number of aromatic nitrogens is 2. The van der Waals surface area contributed by atoms with Crippen LogP contribution in [0.15, 0.2) is 30.6 Å². The number of benzene rings is 1. The molecule has 2 heterocycles. The fourth-order valence-electron chi connectivity index (χ4n) is 3.38. The minimum Gasteiger partial charge on any atom is -0.328 e. The van der Waals surface area contributed by atoms with Crippen molar-refractivity contribution in [3.05, 3.63) is 47.3 Å². The normalized spacial score (nSPS) is 17.3. The molecule has 25 heavy (non-hydrogen) atoms. The van der Waals surface area contributed by atoms with E-state index in [4.69, 9.17) is 7.85 Å². The van der Waals surface area contributed by atoms with E-state index in [1.165, 1.54) is 0 Å². The number of nitrogens with one attached hydrogen (secondary N) is 1. The second kappa shape index (κ2) is 5.69. The molecule has 7 heteroatoms. The third-order valence-corrected chi connectivity index (χ3v) is 4.85. The van der Waals surface area contributed by atoms with Crippen LogP contribution in [0.3, 0.4) is 0 Å². The number of hydrogen-bond acceptors (Lipinski definition) is 4. The van der Waals surface area contributed by atoms with Gasteiger partial charge >= 0.3 is 0 Å². The molecule has 2 radical (unpaired) electrons. The Kier molecular flexibility index (Phi) is 3.60. The van der Waals surface area contributed by atoms with Crippen LogP contribution in [0, 0.1) is 6.92 Å². The van der Waals surface area contributed by atoms with E-state index in [0.29, 0.717) is 17.6 Å². The van der Waals surface area contributed by atoms with Crippen molar-refractivity contribution in [1.82, 2.24) is 14.9 Å². The summed E-state index contributed by atoms with van der Waals surface area (Å²) in [6.45, 7) is 2.41. The Balaban J connectivity index is 1.52. The SMILES string of the molecule is [B]c1ccc2c(c1)C1(CC1)CN(CC(=O)Nc1ncc(C)cn1)C2=O. The molecule has 124 valence electrons. The van der Waals surface area contributed by atoms with Crippen molar-refractivity contribution in [1.29, 1.82) is 0 Å². The molecule has 1 spiro atoms. The largest absolute Gasteiger partial charge is 0.328 e. The van der Waals surface area contributed by atoms with Crippen LogP contribution >= 0.6 is 0 Å². The Morgan fingerprint density at radius 1 is 1.32 bits per heavy atom. The van der Waals surface area contributed by atoms with Crippen LogP contribution in [0.4, 0.5) is 5.95 Å². The lowest BCUT2D eigenvalue weighted by atomic mass is 9.82. The first-order valence-electron chi connectivity index (χ1n) is 8.25. The lowest BCUT2D eigenvalue weighted by Gasteiger charge is -2.34. The molecule has 1 aromatic carbocycles. The molecule has 4 rings (SSSR count). The minimum atomic E-state index is -0.299. The smallest absolute Gasteiger partial charge is 0.254 e. The summed E-state index contributed by atoms with van der Waals surface area (Å²) < 4.78 is 0. The highest BCUT2D eigenvalue weighted by atomic mass is 16.2. The Morgan fingerprint density at radius 2 is 2.04 bits per heavy atom. The van der Waals surface area contributed by atoms with Crippen LogP contribution in [-0.4, -0.2) is 47.6 Å². The van der Waals surface area contributed by atoms with Gasteiger partial charge in [0.15, 0.2) is 0 Å². The molecule has 1 aliphatic carbocycles. The van der Waals surface area contributed by atoms with Crippen LogP contribution in [0.2, 0.25) is 0 Å². The van der Waals surface area contributed by atoms with Gasteiger partial charge in [0, 0.05) is 29.9 Å². The van der Waals surface area contributed by atoms with Gasteiger partial charge in [-0.15, -0.1) is 0 Å². The highest BCUT2D eigenvalue weighted by Gasteiger charge is 2.51. The molecular formula is C18H17BN4O2. The van der Waals surface area contributed by atoms with Crippen molar-refractivity contribution in [2.45, 2.75) is 25.2 Å². The Hall–Kier alpha value is -2.70. The molecule has 1 aliphatic heterocycles. The van der Waals surface area contributed by atoms with E-state index in [1.54, 1.807) is 29.4 Å². The van der Waals surface area contributed by atoms with Gasteiger partial charge in [0.2, 0.25) is 11.9 Å². The van der Waals surface area contributed by atoms with Crippen LogP contribution in [0.1, 0.15) is 34.3 Å². The van der Waals surface area contributed by atoms with Crippen molar-refractivity contribution in [2.75, 3.05) is 18.4 Å². The Labute approximate surface area is 147 Å². The van der Waals surface area contributed by atoms with Gasteiger partial charge in [0.05, 0.1) is 0 Å². The lowest BCUT2D eigenvalue weighted by molar-refractivity contribution is -0.117. The van der Waals surface area contributed by atoms with Crippen molar-refractivity contribution in [3.8, 4) is 0 Å². The fraction of sp³-hybridized carbons (Fsp3) is 0.333. The van der Waals surface area contributed by atoms with Crippen molar-refractivity contribution >= 4 is 31.1 Å². The predicted molar refractivity (Wildman–Crippen MR) is 94.0 cm³/mol. The third-order valence-electron chi connectivity index (χ3n) is 4.85. The van der Waals surface area contributed by atoms with Gasteiger partial charge < -0.3 is 4.90 Å². The van der Waals surface area contributed by atoms with E-state index < -0.39 is 0 Å². The highest BCUT2D eigenvalue weighted by molar-refractivity contribution is 6.32. The maximum absolute atomic E-state index is 12.8. The summed E-state index contributed by atoms with van der Waals surface area (Å²) in [4.78, 5) is 34.8. The summed E-state index contributed by atoms with van der Waals surface area (Å²) in [5.41, 5.74) is 3.21. The summed E-state index contributed by atoms with van der Waals surface area (Å²) in [5.74, 6) is -0.186. The zero-order valence-electron chi connectivity index (χ0n) is 14.0. The molecule has 0 bridgehead atoms. The first-order valence-corrected chi connectivity index (χ1v) is 8.25. The number of anilines is 1. The minimum absolute atomic E-state index is 0.0123. The van der Waals surface area contributed by atoms with Crippen molar-refractivity contribution in [2.24, 2.45) is 0 Å². The van der Waals surface area contributed by atoms with E-state index in [2.05, 4.69) is 15.3 Å². The number of amides is 2. The van der Waals surface area contributed by atoms with Gasteiger partial charge in [-0.2, -0.15) is 0 Å². The molecule has 1 saturated carbocycles. The topological polar surface area (TPSA) is 75.2 Å². The van der Waals surface area contributed by atoms with Gasteiger partial charge in [-0.1, -0.05) is 17.6 Å². The number of carbonyl (C=O) groups is 2. The zero-order chi connectivity index (χ0) is 17.6. The zero-order valence-corrected chi connectivity index (χ0v) is 14.0. The number of hydrogen-bond donors (Lipinski definition) is 1. The summed E-state index contributed by atoms with van der Waals surface area (Å²) in [6, 6.07) is 5.40. The van der Waals surface area contributed by atoms with E-state index >= 15 is 0 Å². The van der Waals surface area contributed by atoms with E-state index in [-0.39, 0.29) is 29.7 Å². The second-order valence-corrected chi connectivity index (χ2v) is 6.88. The standard InChI is InChI=1S/C18H17BN4O2/c1-11-7-20-17(21-8-11)22-15(24)9-23-10-18(4-5-18)14-6-12(19)2-3-13(14)16(23)25/h2-3,6-8H,4-5,9-10H2,1H3,(H,20,21,22,24). The van der Waals surface area contributed by atoms with Gasteiger partial charge in [-0.25, -0.2) is 9.97 Å². The maximum atomic E-state index is 12.8. The first-order chi connectivity index (χ1) is 12.0. The van der Waals surface area contributed by atoms with E-state index in [0.717, 1.165) is 24.0 Å². The average Bonchev–Trinajstić information content (AvgIpc) is 3.35. The molecule has 1 aromatic heterocycles. The summed E-state index contributed by atoms with van der Waals surface area (Å²) >= 11 is 0. The number of rotatable bonds is 3. The lowest BCUT2D eigenvalue weighted by Crippen LogP contribution is -2.47. The second-order valence-electron chi connectivity index (χ2n) is 6.88. The number of nitrogens with zero attached hydrogens (tertiary/aromatic N) is 3. The molecule has 2 aliphatic rings. The van der Waals surface area contributed by atoms with Gasteiger partial charge in [0.1, 0.15) is 14.4 Å². The average molecular weight is 332 g/mol. The molecule has 1 N–H and O–H groups in total.